The van der Waals surface area contributed by atoms with E-state index in [1.807, 2.05) is 0 Å². The molecule has 0 saturated heterocycles. The van der Waals surface area contributed by atoms with Crippen LogP contribution in [0.5, 0.6) is 5.75 Å². The van der Waals surface area contributed by atoms with E-state index >= 15 is 0 Å². The Kier molecular flexibility index (Phi) is 4.88. The van der Waals surface area contributed by atoms with Crippen molar-refractivity contribution in [2.24, 2.45) is 0 Å². The molecule has 0 atom stereocenters. The summed E-state index contributed by atoms with van der Waals surface area (Å²) < 4.78 is 34.3. The highest BCUT2D eigenvalue weighted by Crippen LogP contribution is 2.33. The Bertz CT molecular complexity index is 748. The summed E-state index contributed by atoms with van der Waals surface area (Å²) in [6, 6.07) is 7.83. The molecule has 0 bridgehead atoms. The maximum atomic E-state index is 10.7. The fourth-order valence-corrected chi connectivity index (χ4v) is 2.49. The maximum Gasteiger partial charge on any atom is 0.283 e. The molecule has 0 aliphatic heterocycles. The standard InChI is InChI=1S/C11H11NO7S2/c13-11-5-9(20-19-18-14)3-7-1-2-8(4-10(7)11)12-6-21(15,16)17/h1-5,12-14H,6H2,(H,15,16,17). The molecule has 0 unspecified atom stereocenters. The van der Waals surface area contributed by atoms with Crippen molar-refractivity contribution in [2.45, 2.75) is 4.90 Å². The number of fused-ring (bicyclic) bond motifs is 1. The molecule has 4 N–H and O–H groups in total. The molecule has 0 aromatic heterocycles. The lowest BCUT2D eigenvalue weighted by Crippen LogP contribution is -2.12. The van der Waals surface area contributed by atoms with E-state index < -0.39 is 16.0 Å². The quantitative estimate of drug-likeness (QED) is 0.272. The summed E-state index contributed by atoms with van der Waals surface area (Å²) >= 11 is 0.707. The molecule has 114 valence electrons. The minimum Gasteiger partial charge on any atom is -0.507 e. The Hall–Kier alpha value is -1.56. The molecule has 0 heterocycles. The van der Waals surface area contributed by atoms with Crippen molar-refractivity contribution in [2.75, 3.05) is 11.2 Å². The third kappa shape index (κ3) is 4.46. The second-order valence-corrected chi connectivity index (χ2v) is 6.23. The SMILES string of the molecule is O=S(=O)(O)CNc1ccc2cc(SOOO)cc(O)c2c1. The third-order valence-electron chi connectivity index (χ3n) is 2.53. The zero-order valence-electron chi connectivity index (χ0n) is 10.4. The minimum atomic E-state index is -4.13. The number of hydrogen-bond acceptors (Lipinski definition) is 8. The van der Waals surface area contributed by atoms with E-state index in [-0.39, 0.29) is 5.75 Å². The molecule has 0 aliphatic rings. The van der Waals surface area contributed by atoms with Crippen molar-refractivity contribution in [3.8, 4) is 5.75 Å². The summed E-state index contributed by atoms with van der Waals surface area (Å²) in [6.07, 6.45) is 0. The lowest BCUT2D eigenvalue weighted by Gasteiger charge is -2.08. The number of aromatic hydroxyl groups is 1. The van der Waals surface area contributed by atoms with Gasteiger partial charge in [-0.25, -0.2) is 5.26 Å². The summed E-state index contributed by atoms with van der Waals surface area (Å²) in [5.74, 6) is -0.693. The van der Waals surface area contributed by atoms with E-state index in [2.05, 4.69) is 14.7 Å². The van der Waals surface area contributed by atoms with E-state index in [0.29, 0.717) is 33.4 Å². The van der Waals surface area contributed by atoms with Gasteiger partial charge in [0.2, 0.25) is 0 Å². The van der Waals surface area contributed by atoms with Crippen LogP contribution in [0.25, 0.3) is 10.8 Å². The van der Waals surface area contributed by atoms with Gasteiger partial charge in [0.25, 0.3) is 10.1 Å². The Labute approximate surface area is 124 Å². The molecule has 0 spiro atoms. The highest BCUT2D eigenvalue weighted by atomic mass is 32.2. The molecule has 10 heteroatoms. The summed E-state index contributed by atoms with van der Waals surface area (Å²) in [5, 5.41) is 25.2. The van der Waals surface area contributed by atoms with Gasteiger partial charge in [-0.1, -0.05) is 11.1 Å². The van der Waals surface area contributed by atoms with Gasteiger partial charge in [-0.2, -0.15) is 8.42 Å². The Morgan fingerprint density at radius 3 is 2.67 bits per heavy atom. The first kappa shape index (κ1) is 15.8. The van der Waals surface area contributed by atoms with Gasteiger partial charge in [0.1, 0.15) is 11.6 Å². The fraction of sp³-hybridized carbons (Fsp3) is 0.0909. The summed E-state index contributed by atoms with van der Waals surface area (Å²) in [7, 11) is -4.13. The number of rotatable bonds is 6. The number of benzene rings is 2. The maximum absolute atomic E-state index is 10.7. The highest BCUT2D eigenvalue weighted by molar-refractivity contribution is 7.94. The number of anilines is 1. The van der Waals surface area contributed by atoms with Crippen molar-refractivity contribution in [3.63, 3.8) is 0 Å². The Morgan fingerprint density at radius 2 is 2.00 bits per heavy atom. The normalized spacial score (nSPS) is 11.7. The Morgan fingerprint density at radius 1 is 1.24 bits per heavy atom. The highest BCUT2D eigenvalue weighted by Gasteiger charge is 2.08. The first-order valence-electron chi connectivity index (χ1n) is 5.49. The van der Waals surface area contributed by atoms with Crippen LogP contribution < -0.4 is 5.32 Å². The van der Waals surface area contributed by atoms with Gasteiger partial charge >= 0.3 is 0 Å². The summed E-state index contributed by atoms with van der Waals surface area (Å²) in [5.41, 5.74) is 0.422. The van der Waals surface area contributed by atoms with Gasteiger partial charge < -0.3 is 10.4 Å². The van der Waals surface area contributed by atoms with Crippen LogP contribution in [0, 0.1) is 0 Å². The largest absolute Gasteiger partial charge is 0.507 e. The molecular weight excluding hydrogens is 322 g/mol. The van der Waals surface area contributed by atoms with Crippen LogP contribution in [0.1, 0.15) is 0 Å². The van der Waals surface area contributed by atoms with E-state index in [0.717, 1.165) is 0 Å². The van der Waals surface area contributed by atoms with Crippen LogP contribution in [0.15, 0.2) is 35.2 Å². The van der Waals surface area contributed by atoms with Crippen LogP contribution in [0.3, 0.4) is 0 Å². The van der Waals surface area contributed by atoms with Gasteiger partial charge in [0, 0.05) is 16.0 Å². The molecule has 21 heavy (non-hydrogen) atoms. The second-order valence-electron chi connectivity index (χ2n) is 4.01. The summed E-state index contributed by atoms with van der Waals surface area (Å²) in [4.78, 5) is 0.493. The average Bonchev–Trinajstić information content (AvgIpc) is 2.42. The van der Waals surface area contributed by atoms with Gasteiger partial charge in [-0.05, 0) is 29.7 Å². The molecule has 2 aromatic rings. The number of phenols is 1. The first-order chi connectivity index (χ1) is 9.89. The van der Waals surface area contributed by atoms with E-state index in [9.17, 15) is 13.5 Å². The topological polar surface area (TPSA) is 125 Å². The molecule has 0 saturated carbocycles. The Balaban J connectivity index is 2.29. The molecule has 0 fully saturated rings. The molecule has 0 radical (unpaired) electrons. The van der Waals surface area contributed by atoms with Crippen LogP contribution >= 0.6 is 12.0 Å². The average molecular weight is 333 g/mol. The number of hydrogen-bond donors (Lipinski definition) is 4. The predicted molar refractivity (Wildman–Crippen MR) is 76.3 cm³/mol. The predicted octanol–water partition coefficient (Wildman–Crippen LogP) is 2.23. The van der Waals surface area contributed by atoms with Crippen LogP contribution in [0.2, 0.25) is 0 Å². The van der Waals surface area contributed by atoms with Gasteiger partial charge in [-0.3, -0.25) is 4.55 Å². The van der Waals surface area contributed by atoms with Crippen molar-refractivity contribution in [3.05, 3.63) is 30.3 Å². The fourth-order valence-electron chi connectivity index (χ4n) is 1.70. The van der Waals surface area contributed by atoms with Crippen molar-refractivity contribution < 1.29 is 32.7 Å². The second kappa shape index (κ2) is 6.47. The lowest BCUT2D eigenvalue weighted by atomic mass is 10.1. The molecule has 8 nitrogen and oxygen atoms in total. The zero-order chi connectivity index (χ0) is 15.5. The molecular formula is C11H11NO7S2. The van der Waals surface area contributed by atoms with Crippen molar-refractivity contribution >= 4 is 38.6 Å². The van der Waals surface area contributed by atoms with Gasteiger partial charge in [0.05, 0.1) is 12.0 Å². The lowest BCUT2D eigenvalue weighted by molar-refractivity contribution is -0.432. The molecule has 2 aromatic carbocycles. The van der Waals surface area contributed by atoms with E-state index in [1.165, 1.54) is 12.1 Å². The van der Waals surface area contributed by atoms with Crippen molar-refractivity contribution in [1.82, 2.24) is 0 Å². The van der Waals surface area contributed by atoms with Crippen LogP contribution in [-0.4, -0.2) is 29.2 Å². The van der Waals surface area contributed by atoms with Gasteiger partial charge in [-0.15, -0.1) is 4.33 Å². The first-order valence-corrected chi connectivity index (χ1v) is 7.85. The number of phenolic OH excluding ortho intramolecular Hbond substituents is 1. The molecule has 0 amide bonds. The minimum absolute atomic E-state index is 0.0629. The monoisotopic (exact) mass is 333 g/mol. The van der Waals surface area contributed by atoms with Crippen LogP contribution in [0.4, 0.5) is 5.69 Å². The van der Waals surface area contributed by atoms with E-state index in [1.54, 1.807) is 18.2 Å². The number of nitrogens with one attached hydrogen (secondary N) is 1. The van der Waals surface area contributed by atoms with Gasteiger partial charge in [0.15, 0.2) is 0 Å². The zero-order valence-corrected chi connectivity index (χ0v) is 12.0. The molecule has 0 aliphatic carbocycles. The summed E-state index contributed by atoms with van der Waals surface area (Å²) in [6.45, 7) is 0. The van der Waals surface area contributed by atoms with Crippen molar-refractivity contribution in [1.29, 1.82) is 0 Å². The smallest absolute Gasteiger partial charge is 0.283 e. The molecule has 2 rings (SSSR count). The van der Waals surface area contributed by atoms with E-state index in [4.69, 9.17) is 9.81 Å². The van der Waals surface area contributed by atoms with Crippen LogP contribution in [-0.2, 0) is 19.5 Å². The third-order valence-corrected chi connectivity index (χ3v) is 3.59.